The summed E-state index contributed by atoms with van der Waals surface area (Å²) < 4.78 is 10.7. The molecule has 0 aliphatic heterocycles. The van der Waals surface area contributed by atoms with Crippen molar-refractivity contribution in [2.24, 2.45) is 4.99 Å². The van der Waals surface area contributed by atoms with E-state index in [2.05, 4.69) is 20.9 Å². The van der Waals surface area contributed by atoms with Gasteiger partial charge in [0.15, 0.2) is 5.96 Å². The van der Waals surface area contributed by atoms with Crippen LogP contribution < -0.4 is 16.0 Å². The van der Waals surface area contributed by atoms with Crippen LogP contribution >= 0.6 is 11.6 Å². The number of guanidine groups is 1. The van der Waals surface area contributed by atoms with Gasteiger partial charge in [-0.3, -0.25) is 4.99 Å². The molecule has 1 amide bonds. The number of alkyl carbamates (subject to hydrolysis) is 1. The SMILES string of the molecule is CN=C(NCCCNC(=O)OC(C)(C)C)NCC(OC)c1cccc(Cl)c1. The number of hydrogen-bond acceptors (Lipinski definition) is 4. The van der Waals surface area contributed by atoms with Crippen molar-refractivity contribution in [3.63, 3.8) is 0 Å². The van der Waals surface area contributed by atoms with Crippen LogP contribution in [0.15, 0.2) is 29.3 Å². The highest BCUT2D eigenvalue weighted by atomic mass is 35.5. The summed E-state index contributed by atoms with van der Waals surface area (Å²) in [5.41, 5.74) is 0.504. The molecule has 1 aromatic rings. The van der Waals surface area contributed by atoms with Crippen molar-refractivity contribution in [3.8, 4) is 0 Å². The molecule has 0 spiro atoms. The fourth-order valence-corrected chi connectivity index (χ4v) is 2.45. The fourth-order valence-electron chi connectivity index (χ4n) is 2.25. The van der Waals surface area contributed by atoms with E-state index < -0.39 is 11.7 Å². The predicted octanol–water partition coefficient (Wildman–Crippen LogP) is 3.11. The van der Waals surface area contributed by atoms with Crippen molar-refractivity contribution in [2.75, 3.05) is 33.8 Å². The number of carbonyl (C=O) groups excluding carboxylic acids is 1. The number of halogens is 1. The predicted molar refractivity (Wildman–Crippen MR) is 109 cm³/mol. The van der Waals surface area contributed by atoms with E-state index in [9.17, 15) is 4.79 Å². The topological polar surface area (TPSA) is 84.0 Å². The number of ether oxygens (including phenoxy) is 2. The lowest BCUT2D eigenvalue weighted by Crippen LogP contribution is -2.41. The highest BCUT2D eigenvalue weighted by molar-refractivity contribution is 6.30. The van der Waals surface area contributed by atoms with Gasteiger partial charge in [-0.25, -0.2) is 4.79 Å². The van der Waals surface area contributed by atoms with Crippen LogP contribution in [-0.4, -0.2) is 51.4 Å². The zero-order valence-corrected chi connectivity index (χ0v) is 17.5. The molecule has 0 fully saturated rings. The second-order valence-corrected chi connectivity index (χ2v) is 7.38. The standard InChI is InChI=1S/C19H31ClN4O3/c1-19(2,3)27-18(25)23-11-7-10-22-17(21-4)24-13-16(26-5)14-8-6-9-15(20)12-14/h6,8-9,12,16H,7,10-11,13H2,1-5H3,(H,23,25)(H2,21,22,24). The summed E-state index contributed by atoms with van der Waals surface area (Å²) in [6, 6.07) is 7.58. The normalized spacial score (nSPS) is 13.0. The van der Waals surface area contributed by atoms with Gasteiger partial charge in [-0.1, -0.05) is 23.7 Å². The molecule has 1 unspecified atom stereocenters. The average Bonchev–Trinajstić information content (AvgIpc) is 2.58. The molecule has 0 aromatic heterocycles. The molecule has 0 saturated heterocycles. The highest BCUT2D eigenvalue weighted by Crippen LogP contribution is 2.19. The second-order valence-electron chi connectivity index (χ2n) is 6.94. The van der Waals surface area contributed by atoms with E-state index in [1.54, 1.807) is 14.2 Å². The number of amides is 1. The van der Waals surface area contributed by atoms with Gasteiger partial charge in [0.2, 0.25) is 0 Å². The Labute approximate surface area is 166 Å². The Morgan fingerprint density at radius 2 is 1.93 bits per heavy atom. The van der Waals surface area contributed by atoms with Gasteiger partial charge in [-0.15, -0.1) is 0 Å². The third kappa shape index (κ3) is 10.1. The first kappa shape index (κ1) is 23.0. The number of aliphatic imine (C=N–C) groups is 1. The Bertz CT molecular complexity index is 617. The van der Waals surface area contributed by atoms with E-state index in [-0.39, 0.29) is 6.10 Å². The molecule has 3 N–H and O–H groups in total. The minimum absolute atomic E-state index is 0.143. The Morgan fingerprint density at radius 1 is 1.22 bits per heavy atom. The number of hydrogen-bond donors (Lipinski definition) is 3. The van der Waals surface area contributed by atoms with E-state index >= 15 is 0 Å². The van der Waals surface area contributed by atoms with Gasteiger partial charge in [0.1, 0.15) is 5.60 Å². The first-order valence-corrected chi connectivity index (χ1v) is 9.32. The lowest BCUT2D eigenvalue weighted by Gasteiger charge is -2.20. The summed E-state index contributed by atoms with van der Waals surface area (Å²) >= 11 is 6.04. The summed E-state index contributed by atoms with van der Waals surface area (Å²) in [5, 5.41) is 9.83. The van der Waals surface area contributed by atoms with Crippen molar-refractivity contribution < 1.29 is 14.3 Å². The molecule has 0 aliphatic carbocycles. The Kier molecular flexibility index (Phi) is 9.96. The van der Waals surface area contributed by atoms with Crippen molar-refractivity contribution >= 4 is 23.7 Å². The van der Waals surface area contributed by atoms with E-state index in [0.717, 1.165) is 12.0 Å². The first-order chi connectivity index (χ1) is 12.7. The van der Waals surface area contributed by atoms with Crippen LogP contribution in [0.5, 0.6) is 0 Å². The number of methoxy groups -OCH3 is 1. The van der Waals surface area contributed by atoms with Crippen molar-refractivity contribution in [1.82, 2.24) is 16.0 Å². The molecule has 8 heteroatoms. The molecular formula is C19H31ClN4O3. The van der Waals surface area contributed by atoms with Crippen LogP contribution in [0.3, 0.4) is 0 Å². The summed E-state index contributed by atoms with van der Waals surface area (Å²) in [5.74, 6) is 0.663. The summed E-state index contributed by atoms with van der Waals surface area (Å²) in [4.78, 5) is 15.8. The number of rotatable bonds is 8. The zero-order chi connectivity index (χ0) is 20.3. The van der Waals surface area contributed by atoms with Gasteiger partial charge in [0.05, 0.1) is 6.10 Å². The lowest BCUT2D eigenvalue weighted by atomic mass is 10.1. The average molecular weight is 399 g/mol. The molecule has 7 nitrogen and oxygen atoms in total. The third-order valence-corrected chi connectivity index (χ3v) is 3.73. The lowest BCUT2D eigenvalue weighted by molar-refractivity contribution is 0.0527. The van der Waals surface area contributed by atoms with Gasteiger partial charge < -0.3 is 25.4 Å². The quantitative estimate of drug-likeness (QED) is 0.356. The fraction of sp³-hybridized carbons (Fsp3) is 0.579. The van der Waals surface area contributed by atoms with Crippen LogP contribution in [0.4, 0.5) is 4.79 Å². The zero-order valence-electron chi connectivity index (χ0n) is 16.8. The molecule has 0 bridgehead atoms. The maximum Gasteiger partial charge on any atom is 0.407 e. The van der Waals surface area contributed by atoms with Gasteiger partial charge in [-0.05, 0) is 44.9 Å². The molecule has 1 rings (SSSR count). The van der Waals surface area contributed by atoms with Crippen molar-refractivity contribution in [3.05, 3.63) is 34.9 Å². The number of benzene rings is 1. The molecule has 0 radical (unpaired) electrons. The molecule has 0 aliphatic rings. The smallest absolute Gasteiger partial charge is 0.407 e. The van der Waals surface area contributed by atoms with Gasteiger partial charge in [-0.2, -0.15) is 0 Å². The van der Waals surface area contributed by atoms with Crippen molar-refractivity contribution in [1.29, 1.82) is 0 Å². The molecule has 1 atom stereocenters. The van der Waals surface area contributed by atoms with E-state index in [1.165, 1.54) is 0 Å². The molecule has 27 heavy (non-hydrogen) atoms. The van der Waals surface area contributed by atoms with Crippen LogP contribution in [0, 0.1) is 0 Å². The first-order valence-electron chi connectivity index (χ1n) is 8.95. The van der Waals surface area contributed by atoms with Crippen LogP contribution in [0.25, 0.3) is 0 Å². The Balaban J connectivity index is 2.31. The number of nitrogens with zero attached hydrogens (tertiary/aromatic N) is 1. The molecule has 0 saturated carbocycles. The molecule has 152 valence electrons. The highest BCUT2D eigenvalue weighted by Gasteiger charge is 2.15. The monoisotopic (exact) mass is 398 g/mol. The number of nitrogens with one attached hydrogen (secondary N) is 3. The largest absolute Gasteiger partial charge is 0.444 e. The van der Waals surface area contributed by atoms with Crippen LogP contribution in [0.1, 0.15) is 38.9 Å². The van der Waals surface area contributed by atoms with Gasteiger partial charge in [0, 0.05) is 38.8 Å². The molecule has 0 heterocycles. The van der Waals surface area contributed by atoms with E-state index in [0.29, 0.717) is 30.6 Å². The minimum atomic E-state index is -0.491. The maximum atomic E-state index is 11.6. The van der Waals surface area contributed by atoms with Crippen LogP contribution in [0.2, 0.25) is 5.02 Å². The Hall–Kier alpha value is -1.99. The number of carbonyl (C=O) groups is 1. The molecule has 1 aromatic carbocycles. The summed E-state index contributed by atoms with van der Waals surface area (Å²) in [7, 11) is 3.36. The van der Waals surface area contributed by atoms with Gasteiger partial charge in [0.25, 0.3) is 0 Å². The van der Waals surface area contributed by atoms with E-state index in [1.807, 2.05) is 45.0 Å². The minimum Gasteiger partial charge on any atom is -0.444 e. The Morgan fingerprint density at radius 3 is 2.52 bits per heavy atom. The van der Waals surface area contributed by atoms with Crippen molar-refractivity contribution in [2.45, 2.75) is 38.9 Å². The van der Waals surface area contributed by atoms with E-state index in [4.69, 9.17) is 21.1 Å². The third-order valence-electron chi connectivity index (χ3n) is 3.50. The second kappa shape index (κ2) is 11.7. The van der Waals surface area contributed by atoms with Gasteiger partial charge >= 0.3 is 6.09 Å². The summed E-state index contributed by atoms with van der Waals surface area (Å²) in [6.45, 7) is 7.22. The van der Waals surface area contributed by atoms with Crippen LogP contribution in [-0.2, 0) is 9.47 Å². The summed E-state index contributed by atoms with van der Waals surface area (Å²) in [6.07, 6.45) is 0.188. The maximum absolute atomic E-state index is 11.6. The molecular weight excluding hydrogens is 368 g/mol.